The van der Waals surface area contributed by atoms with Gasteiger partial charge in [0.15, 0.2) is 0 Å². The Labute approximate surface area is 54.0 Å². The van der Waals surface area contributed by atoms with Crippen LogP contribution in [0.15, 0.2) is 0 Å². The van der Waals surface area contributed by atoms with E-state index in [-0.39, 0.29) is 0 Å². The summed E-state index contributed by atoms with van der Waals surface area (Å²) in [7, 11) is 0. The Morgan fingerprint density at radius 1 is 1.44 bits per heavy atom. The smallest absolute Gasteiger partial charge is 0.0387 e. The molecule has 0 heterocycles. The van der Waals surface area contributed by atoms with Crippen molar-refractivity contribution in [1.29, 1.82) is 0 Å². The minimum absolute atomic E-state index is 0.344. The van der Waals surface area contributed by atoms with Crippen LogP contribution < -0.4 is 11.2 Å². The molecule has 0 radical (unpaired) electrons. The Morgan fingerprint density at radius 2 is 2.11 bits per heavy atom. The first-order valence-corrected chi connectivity index (χ1v) is 2.82. The molecule has 0 aliphatic heterocycles. The number of hydrogen-bond acceptors (Lipinski definition) is 5. The molecule has 0 saturated carbocycles. The van der Waals surface area contributed by atoms with E-state index in [1.165, 1.54) is 0 Å². The van der Waals surface area contributed by atoms with Crippen molar-refractivity contribution in [2.24, 2.45) is 5.73 Å². The fourth-order valence-electron chi connectivity index (χ4n) is 0.440. The van der Waals surface area contributed by atoms with Gasteiger partial charge in [-0.25, -0.2) is 5.48 Å². The topological polar surface area (TPSA) is 81.8 Å². The summed E-state index contributed by atoms with van der Waals surface area (Å²) < 4.78 is 0. The first-order valence-electron chi connectivity index (χ1n) is 2.82. The molecule has 0 unspecified atom stereocenters. The van der Waals surface area contributed by atoms with Crippen LogP contribution in [0.5, 0.6) is 0 Å². The average molecular weight is 135 g/mol. The molecular formula is C4H13N3O2. The first-order chi connectivity index (χ1) is 4.31. The molecule has 0 aliphatic rings. The number of rotatable bonds is 5. The van der Waals surface area contributed by atoms with Gasteiger partial charge in [-0.05, 0) is 0 Å². The number of nitrogens with two attached hydrogens (primary N) is 1. The highest BCUT2D eigenvalue weighted by atomic mass is 16.5. The molecule has 0 aromatic rings. The van der Waals surface area contributed by atoms with Crippen LogP contribution in [-0.2, 0) is 0 Å². The summed E-state index contributed by atoms with van der Waals surface area (Å²) in [5.41, 5.74) is 7.03. The van der Waals surface area contributed by atoms with Crippen molar-refractivity contribution in [1.82, 2.24) is 10.5 Å². The minimum Gasteiger partial charge on any atom is -0.329 e. The van der Waals surface area contributed by atoms with Gasteiger partial charge in [0.1, 0.15) is 0 Å². The van der Waals surface area contributed by atoms with Gasteiger partial charge < -0.3 is 16.1 Å². The van der Waals surface area contributed by atoms with Gasteiger partial charge in [0.2, 0.25) is 0 Å². The normalized spacial score (nSPS) is 10.7. The zero-order chi connectivity index (χ0) is 7.11. The molecule has 0 aromatic heterocycles. The van der Waals surface area contributed by atoms with Crippen molar-refractivity contribution in [3.8, 4) is 0 Å². The second-order valence-corrected chi connectivity index (χ2v) is 1.65. The Hall–Kier alpha value is -0.200. The van der Waals surface area contributed by atoms with E-state index in [0.717, 1.165) is 5.06 Å². The summed E-state index contributed by atoms with van der Waals surface area (Å²) in [6, 6.07) is 0. The lowest BCUT2D eigenvalue weighted by Crippen LogP contribution is -2.32. The number of hydroxylamine groups is 3. The lowest BCUT2D eigenvalue weighted by atomic mass is 10.5. The Kier molecular flexibility index (Phi) is 5.80. The minimum atomic E-state index is 0.344. The Morgan fingerprint density at radius 3 is 2.56 bits per heavy atom. The second kappa shape index (κ2) is 5.93. The van der Waals surface area contributed by atoms with Gasteiger partial charge in [-0.15, -0.1) is 0 Å². The van der Waals surface area contributed by atoms with Crippen LogP contribution >= 0.6 is 0 Å². The van der Waals surface area contributed by atoms with E-state index < -0.39 is 0 Å². The SMILES string of the molecule is NCCN(O)CCNO. The molecular weight excluding hydrogens is 122 g/mol. The van der Waals surface area contributed by atoms with Crippen molar-refractivity contribution in [3.05, 3.63) is 0 Å². The molecule has 56 valence electrons. The van der Waals surface area contributed by atoms with E-state index in [1.54, 1.807) is 0 Å². The van der Waals surface area contributed by atoms with Gasteiger partial charge in [-0.3, -0.25) is 0 Å². The third-order valence-corrected chi connectivity index (χ3v) is 0.869. The summed E-state index contributed by atoms with van der Waals surface area (Å²) in [4.78, 5) is 0. The molecule has 5 heteroatoms. The molecule has 0 bridgehead atoms. The molecule has 0 saturated heterocycles. The van der Waals surface area contributed by atoms with Gasteiger partial charge in [0.05, 0.1) is 0 Å². The summed E-state index contributed by atoms with van der Waals surface area (Å²) >= 11 is 0. The van der Waals surface area contributed by atoms with Crippen LogP contribution in [-0.4, -0.2) is 41.7 Å². The van der Waals surface area contributed by atoms with Gasteiger partial charge in [-0.2, -0.15) is 5.06 Å². The summed E-state index contributed by atoms with van der Waals surface area (Å²) in [6.45, 7) is 1.58. The van der Waals surface area contributed by atoms with Crippen LogP contribution in [0.25, 0.3) is 0 Å². The zero-order valence-electron chi connectivity index (χ0n) is 5.25. The predicted octanol–water partition coefficient (Wildman–Crippen LogP) is -1.38. The number of nitrogens with one attached hydrogen (secondary N) is 1. The van der Waals surface area contributed by atoms with E-state index >= 15 is 0 Å². The lowest BCUT2D eigenvalue weighted by molar-refractivity contribution is -0.0909. The monoisotopic (exact) mass is 135 g/mol. The fraction of sp³-hybridized carbons (Fsp3) is 1.00. The molecule has 5 nitrogen and oxygen atoms in total. The standard InChI is InChI=1S/C4H13N3O2/c5-1-3-7(9)4-2-6-8/h6,8-9H,1-5H2. The summed E-state index contributed by atoms with van der Waals surface area (Å²) in [5, 5.41) is 17.9. The summed E-state index contributed by atoms with van der Waals surface area (Å²) in [6.07, 6.45) is 0. The molecule has 0 spiro atoms. The van der Waals surface area contributed by atoms with Crippen molar-refractivity contribution < 1.29 is 10.4 Å². The molecule has 0 aliphatic carbocycles. The quantitative estimate of drug-likeness (QED) is 0.349. The third-order valence-electron chi connectivity index (χ3n) is 0.869. The molecule has 0 fully saturated rings. The molecule has 9 heavy (non-hydrogen) atoms. The highest BCUT2D eigenvalue weighted by Gasteiger charge is 1.94. The Balaban J connectivity index is 2.95. The highest BCUT2D eigenvalue weighted by Crippen LogP contribution is 1.74. The molecule has 5 N–H and O–H groups in total. The largest absolute Gasteiger partial charge is 0.329 e. The molecule has 0 amide bonds. The number of hydrogen-bond donors (Lipinski definition) is 4. The molecule has 0 atom stereocenters. The third kappa shape index (κ3) is 5.67. The second-order valence-electron chi connectivity index (χ2n) is 1.65. The van der Waals surface area contributed by atoms with Gasteiger partial charge >= 0.3 is 0 Å². The lowest BCUT2D eigenvalue weighted by Gasteiger charge is -2.11. The van der Waals surface area contributed by atoms with Gasteiger partial charge in [0.25, 0.3) is 0 Å². The summed E-state index contributed by atoms with van der Waals surface area (Å²) in [5.74, 6) is 0. The van der Waals surface area contributed by atoms with Crippen molar-refractivity contribution >= 4 is 0 Å². The maximum absolute atomic E-state index is 8.78. The molecule has 0 rings (SSSR count). The van der Waals surface area contributed by atoms with E-state index in [4.69, 9.17) is 16.1 Å². The van der Waals surface area contributed by atoms with Gasteiger partial charge in [0, 0.05) is 26.2 Å². The van der Waals surface area contributed by atoms with Gasteiger partial charge in [-0.1, -0.05) is 0 Å². The maximum atomic E-state index is 8.78. The van der Waals surface area contributed by atoms with Crippen LogP contribution in [0.2, 0.25) is 0 Å². The fourth-order valence-corrected chi connectivity index (χ4v) is 0.440. The van der Waals surface area contributed by atoms with Crippen molar-refractivity contribution in [2.75, 3.05) is 26.2 Å². The van der Waals surface area contributed by atoms with Crippen LogP contribution in [0.4, 0.5) is 0 Å². The first kappa shape index (κ1) is 8.80. The van der Waals surface area contributed by atoms with Crippen LogP contribution in [0.3, 0.4) is 0 Å². The highest BCUT2D eigenvalue weighted by molar-refractivity contribution is 4.45. The zero-order valence-corrected chi connectivity index (χ0v) is 5.25. The van der Waals surface area contributed by atoms with Crippen LogP contribution in [0, 0.1) is 0 Å². The van der Waals surface area contributed by atoms with Crippen molar-refractivity contribution in [3.63, 3.8) is 0 Å². The van der Waals surface area contributed by atoms with E-state index in [9.17, 15) is 0 Å². The average Bonchev–Trinajstić information content (AvgIpc) is 1.85. The van der Waals surface area contributed by atoms with E-state index in [0.29, 0.717) is 26.2 Å². The molecule has 0 aromatic carbocycles. The Bertz CT molecular complexity index is 61.8. The van der Waals surface area contributed by atoms with E-state index in [2.05, 4.69) is 0 Å². The van der Waals surface area contributed by atoms with E-state index in [1.807, 2.05) is 5.48 Å². The van der Waals surface area contributed by atoms with Crippen LogP contribution in [0.1, 0.15) is 0 Å². The number of nitrogens with zero attached hydrogens (tertiary/aromatic N) is 1. The maximum Gasteiger partial charge on any atom is 0.0387 e. The van der Waals surface area contributed by atoms with Crippen molar-refractivity contribution in [2.45, 2.75) is 0 Å². The predicted molar refractivity (Wildman–Crippen MR) is 32.2 cm³/mol.